The van der Waals surface area contributed by atoms with E-state index in [9.17, 15) is 0 Å². The number of hydrogen-bond donors (Lipinski definition) is 1. The zero-order valence-corrected chi connectivity index (χ0v) is 11.6. The lowest BCUT2D eigenvalue weighted by Gasteiger charge is -2.14. The van der Waals surface area contributed by atoms with Gasteiger partial charge in [-0.1, -0.05) is 28.1 Å². The van der Waals surface area contributed by atoms with Crippen molar-refractivity contribution in [3.05, 3.63) is 52.5 Å². The predicted molar refractivity (Wildman–Crippen MR) is 72.6 cm³/mol. The van der Waals surface area contributed by atoms with E-state index in [0.717, 1.165) is 16.8 Å². The highest BCUT2D eigenvalue weighted by atomic mass is 79.9. The molecule has 1 aromatic heterocycles. The van der Waals surface area contributed by atoms with Crippen LogP contribution in [0.15, 0.2) is 41.1 Å². The number of rotatable bonds is 4. The van der Waals surface area contributed by atoms with Crippen molar-refractivity contribution in [2.24, 2.45) is 7.05 Å². The Bertz CT molecular complexity index is 476. The first kappa shape index (κ1) is 12.3. The number of nitrogens with one attached hydrogen (secondary N) is 1. The summed E-state index contributed by atoms with van der Waals surface area (Å²) in [6, 6.07) is 8.70. The molecule has 0 saturated heterocycles. The van der Waals surface area contributed by atoms with Gasteiger partial charge in [0.15, 0.2) is 0 Å². The van der Waals surface area contributed by atoms with Crippen LogP contribution in [0.5, 0.6) is 0 Å². The van der Waals surface area contributed by atoms with Crippen molar-refractivity contribution in [1.29, 1.82) is 0 Å². The average molecular weight is 294 g/mol. The molecule has 0 amide bonds. The zero-order valence-electron chi connectivity index (χ0n) is 10.0. The van der Waals surface area contributed by atoms with Crippen LogP contribution in [0.1, 0.15) is 24.4 Å². The first-order valence-corrected chi connectivity index (χ1v) is 6.41. The normalized spacial score (nSPS) is 12.6. The summed E-state index contributed by atoms with van der Waals surface area (Å²) >= 11 is 3.44. The van der Waals surface area contributed by atoms with Crippen molar-refractivity contribution in [3.8, 4) is 0 Å². The largest absolute Gasteiger partial charge is 0.337 e. The SMILES string of the molecule is C[C@H](NCc1nccn1C)c1ccc(Br)cc1. The van der Waals surface area contributed by atoms with Crippen LogP contribution in [0.25, 0.3) is 0 Å². The highest BCUT2D eigenvalue weighted by Gasteiger charge is 2.06. The Morgan fingerprint density at radius 2 is 2.06 bits per heavy atom. The van der Waals surface area contributed by atoms with Crippen molar-refractivity contribution in [2.75, 3.05) is 0 Å². The molecule has 90 valence electrons. The lowest BCUT2D eigenvalue weighted by atomic mass is 10.1. The van der Waals surface area contributed by atoms with Crippen LogP contribution in [0.3, 0.4) is 0 Å². The molecule has 1 atom stereocenters. The summed E-state index contributed by atoms with van der Waals surface area (Å²) in [4.78, 5) is 4.29. The number of hydrogen-bond acceptors (Lipinski definition) is 2. The minimum atomic E-state index is 0.319. The first-order chi connectivity index (χ1) is 8.16. The molecular weight excluding hydrogens is 278 g/mol. The van der Waals surface area contributed by atoms with E-state index in [4.69, 9.17) is 0 Å². The number of benzene rings is 1. The molecule has 0 unspecified atom stereocenters. The van der Waals surface area contributed by atoms with E-state index in [0.29, 0.717) is 6.04 Å². The molecule has 4 heteroatoms. The van der Waals surface area contributed by atoms with Gasteiger partial charge in [-0.3, -0.25) is 0 Å². The fraction of sp³-hybridized carbons (Fsp3) is 0.308. The van der Waals surface area contributed by atoms with E-state index in [1.54, 1.807) is 0 Å². The minimum absolute atomic E-state index is 0.319. The topological polar surface area (TPSA) is 29.9 Å². The highest BCUT2D eigenvalue weighted by molar-refractivity contribution is 9.10. The van der Waals surface area contributed by atoms with Gasteiger partial charge in [-0.2, -0.15) is 0 Å². The maximum atomic E-state index is 4.29. The fourth-order valence-corrected chi connectivity index (χ4v) is 1.94. The summed E-state index contributed by atoms with van der Waals surface area (Å²) < 4.78 is 3.14. The van der Waals surface area contributed by atoms with Crippen LogP contribution in [-0.2, 0) is 13.6 Å². The van der Waals surface area contributed by atoms with Crippen LogP contribution >= 0.6 is 15.9 Å². The predicted octanol–water partition coefficient (Wildman–Crippen LogP) is 3.03. The van der Waals surface area contributed by atoms with E-state index in [1.807, 2.05) is 24.0 Å². The molecular formula is C13H16BrN3. The summed E-state index contributed by atoms with van der Waals surface area (Å²) in [6.07, 6.45) is 3.78. The van der Waals surface area contributed by atoms with Gasteiger partial charge >= 0.3 is 0 Å². The maximum absolute atomic E-state index is 4.29. The summed E-state index contributed by atoms with van der Waals surface area (Å²) in [7, 11) is 2.01. The van der Waals surface area contributed by atoms with Crippen molar-refractivity contribution < 1.29 is 0 Å². The second-order valence-corrected chi connectivity index (χ2v) is 5.02. The molecule has 0 aliphatic rings. The van der Waals surface area contributed by atoms with Crippen molar-refractivity contribution in [1.82, 2.24) is 14.9 Å². The number of aryl methyl sites for hydroxylation is 1. The number of aromatic nitrogens is 2. The molecule has 0 spiro atoms. The van der Waals surface area contributed by atoms with Gasteiger partial charge in [0.1, 0.15) is 5.82 Å². The average Bonchev–Trinajstić information content (AvgIpc) is 2.73. The Kier molecular flexibility index (Phi) is 3.97. The molecule has 0 aliphatic heterocycles. The first-order valence-electron chi connectivity index (χ1n) is 5.62. The Morgan fingerprint density at radius 1 is 1.35 bits per heavy atom. The van der Waals surface area contributed by atoms with E-state index < -0.39 is 0 Å². The minimum Gasteiger partial charge on any atom is -0.337 e. The third-order valence-corrected chi connectivity index (χ3v) is 3.39. The van der Waals surface area contributed by atoms with Crippen LogP contribution in [0, 0.1) is 0 Å². The van der Waals surface area contributed by atoms with Crippen molar-refractivity contribution in [2.45, 2.75) is 19.5 Å². The number of nitrogens with zero attached hydrogens (tertiary/aromatic N) is 2. The van der Waals surface area contributed by atoms with Gasteiger partial charge < -0.3 is 9.88 Å². The molecule has 1 N–H and O–H groups in total. The Labute approximate surface area is 110 Å². The van der Waals surface area contributed by atoms with Gasteiger partial charge in [-0.15, -0.1) is 0 Å². The summed E-state index contributed by atoms with van der Waals surface area (Å²) in [5, 5.41) is 3.46. The Balaban J connectivity index is 1.95. The highest BCUT2D eigenvalue weighted by Crippen LogP contribution is 2.16. The lowest BCUT2D eigenvalue weighted by molar-refractivity contribution is 0.549. The third kappa shape index (κ3) is 3.17. The molecule has 0 radical (unpaired) electrons. The molecule has 2 aromatic rings. The molecule has 3 nitrogen and oxygen atoms in total. The monoisotopic (exact) mass is 293 g/mol. The van der Waals surface area contributed by atoms with Crippen LogP contribution in [-0.4, -0.2) is 9.55 Å². The van der Waals surface area contributed by atoms with E-state index in [1.165, 1.54) is 5.56 Å². The molecule has 2 rings (SSSR count). The third-order valence-electron chi connectivity index (χ3n) is 2.86. The lowest BCUT2D eigenvalue weighted by Crippen LogP contribution is -2.20. The quantitative estimate of drug-likeness (QED) is 0.939. The van der Waals surface area contributed by atoms with Crippen molar-refractivity contribution in [3.63, 3.8) is 0 Å². The van der Waals surface area contributed by atoms with Gasteiger partial charge in [0.2, 0.25) is 0 Å². The van der Waals surface area contributed by atoms with E-state index in [-0.39, 0.29) is 0 Å². The second-order valence-electron chi connectivity index (χ2n) is 4.11. The fourth-order valence-electron chi connectivity index (χ4n) is 1.68. The number of halogens is 1. The molecule has 1 heterocycles. The van der Waals surface area contributed by atoms with Crippen LogP contribution in [0.4, 0.5) is 0 Å². The van der Waals surface area contributed by atoms with Gasteiger partial charge in [-0.25, -0.2) is 4.98 Å². The van der Waals surface area contributed by atoms with Gasteiger partial charge in [0.25, 0.3) is 0 Å². The molecule has 0 saturated carbocycles. The van der Waals surface area contributed by atoms with Crippen molar-refractivity contribution >= 4 is 15.9 Å². The maximum Gasteiger partial charge on any atom is 0.122 e. The second kappa shape index (κ2) is 5.47. The van der Waals surface area contributed by atoms with E-state index in [2.05, 4.69) is 57.4 Å². The molecule has 0 bridgehead atoms. The van der Waals surface area contributed by atoms with E-state index >= 15 is 0 Å². The Morgan fingerprint density at radius 3 is 2.65 bits per heavy atom. The molecule has 0 aliphatic carbocycles. The summed E-state index contributed by atoms with van der Waals surface area (Å²) in [5.74, 6) is 1.05. The van der Waals surface area contributed by atoms with Crippen LogP contribution < -0.4 is 5.32 Å². The van der Waals surface area contributed by atoms with Crippen LogP contribution in [0.2, 0.25) is 0 Å². The smallest absolute Gasteiger partial charge is 0.122 e. The Hall–Kier alpha value is -1.13. The van der Waals surface area contributed by atoms with Gasteiger partial charge in [0, 0.05) is 30.0 Å². The molecule has 17 heavy (non-hydrogen) atoms. The summed E-state index contributed by atoms with van der Waals surface area (Å²) in [6.45, 7) is 2.94. The summed E-state index contributed by atoms with van der Waals surface area (Å²) in [5.41, 5.74) is 1.28. The molecule has 1 aromatic carbocycles. The zero-order chi connectivity index (χ0) is 12.3. The molecule has 0 fully saturated rings. The van der Waals surface area contributed by atoms with Gasteiger partial charge in [0.05, 0.1) is 6.54 Å². The van der Waals surface area contributed by atoms with Gasteiger partial charge in [-0.05, 0) is 24.6 Å². The number of imidazole rings is 1. The standard InChI is InChI=1S/C13H16BrN3/c1-10(11-3-5-12(14)6-4-11)16-9-13-15-7-8-17(13)2/h3-8,10,16H,9H2,1-2H3/t10-/m0/s1.